The minimum absolute atomic E-state index is 0.0731. The summed E-state index contributed by atoms with van der Waals surface area (Å²) in [5, 5.41) is 6.37. The van der Waals surface area contributed by atoms with Crippen LogP contribution in [-0.4, -0.2) is 48.9 Å². The van der Waals surface area contributed by atoms with Gasteiger partial charge in [0.1, 0.15) is 0 Å². The Kier molecular flexibility index (Phi) is 7.36. The monoisotopic (exact) mass is 419 g/mol. The minimum atomic E-state index is -0.0731. The zero-order valence-corrected chi connectivity index (χ0v) is 18.2. The first-order chi connectivity index (χ1) is 15.2. The summed E-state index contributed by atoms with van der Waals surface area (Å²) in [6.45, 7) is 2.56. The van der Waals surface area contributed by atoms with Gasteiger partial charge in [-0.05, 0) is 48.4 Å². The average Bonchev–Trinajstić information content (AvgIpc) is 3.00. The first-order valence-corrected chi connectivity index (χ1v) is 11.6. The van der Waals surface area contributed by atoms with Crippen LogP contribution in [0.5, 0.6) is 0 Å². The molecule has 1 saturated heterocycles. The molecule has 0 radical (unpaired) electrons. The summed E-state index contributed by atoms with van der Waals surface area (Å²) in [6, 6.07) is 18.0. The van der Waals surface area contributed by atoms with E-state index in [-0.39, 0.29) is 17.9 Å². The minimum Gasteiger partial charge on any atom is -0.350 e. The molecule has 2 N–H and O–H groups in total. The van der Waals surface area contributed by atoms with Gasteiger partial charge >= 0.3 is 0 Å². The fourth-order valence-electron chi connectivity index (χ4n) is 4.69. The Morgan fingerprint density at radius 3 is 2.39 bits per heavy atom. The lowest BCUT2D eigenvalue weighted by Gasteiger charge is -2.28. The van der Waals surface area contributed by atoms with Crippen LogP contribution >= 0.6 is 0 Å². The molecule has 5 nitrogen and oxygen atoms in total. The van der Waals surface area contributed by atoms with Crippen LogP contribution in [0.15, 0.2) is 54.6 Å². The number of hydrogen-bond donors (Lipinski definition) is 2. The van der Waals surface area contributed by atoms with Gasteiger partial charge in [-0.1, -0.05) is 61.7 Å². The molecular formula is C26H33N3O2. The summed E-state index contributed by atoms with van der Waals surface area (Å²) in [7, 11) is 0. The van der Waals surface area contributed by atoms with Crippen molar-refractivity contribution in [2.24, 2.45) is 5.92 Å². The highest BCUT2D eigenvalue weighted by atomic mass is 16.2. The Morgan fingerprint density at radius 1 is 0.935 bits per heavy atom. The summed E-state index contributed by atoms with van der Waals surface area (Å²) < 4.78 is 0. The molecule has 5 heteroatoms. The zero-order valence-electron chi connectivity index (χ0n) is 18.2. The Hall–Kier alpha value is -2.66. The maximum absolute atomic E-state index is 12.6. The topological polar surface area (TPSA) is 61.4 Å². The van der Waals surface area contributed by atoms with Crippen molar-refractivity contribution in [1.82, 2.24) is 15.5 Å². The molecule has 1 saturated carbocycles. The lowest BCUT2D eigenvalue weighted by atomic mass is 9.89. The highest BCUT2D eigenvalue weighted by molar-refractivity contribution is 5.94. The average molecular weight is 420 g/mol. The molecule has 164 valence electrons. The molecule has 31 heavy (non-hydrogen) atoms. The van der Waals surface area contributed by atoms with Crippen LogP contribution in [-0.2, 0) is 4.79 Å². The van der Waals surface area contributed by atoms with E-state index in [0.717, 1.165) is 30.6 Å². The van der Waals surface area contributed by atoms with Gasteiger partial charge in [-0.3, -0.25) is 9.59 Å². The number of hydrogen-bond acceptors (Lipinski definition) is 3. The van der Waals surface area contributed by atoms with Crippen LogP contribution in [0, 0.1) is 5.92 Å². The van der Waals surface area contributed by atoms with Crippen molar-refractivity contribution in [1.29, 1.82) is 0 Å². The number of benzene rings is 2. The van der Waals surface area contributed by atoms with Crippen molar-refractivity contribution in [2.45, 2.75) is 44.6 Å². The van der Waals surface area contributed by atoms with Crippen molar-refractivity contribution >= 4 is 11.8 Å². The SMILES string of the molecule is O=C(NCC1CCN(CC2CCCCC2)C(=O)CN1)c1ccc(-c2ccccc2)cc1. The maximum atomic E-state index is 12.6. The molecular weight excluding hydrogens is 386 g/mol. The van der Waals surface area contributed by atoms with Crippen molar-refractivity contribution in [3.8, 4) is 11.1 Å². The van der Waals surface area contributed by atoms with Crippen LogP contribution in [0.25, 0.3) is 11.1 Å². The summed E-state index contributed by atoms with van der Waals surface area (Å²) in [5.74, 6) is 0.778. The molecule has 0 spiro atoms. The van der Waals surface area contributed by atoms with Gasteiger partial charge in [0.15, 0.2) is 0 Å². The Labute approximate surface area is 185 Å². The number of amides is 2. The Morgan fingerprint density at radius 2 is 1.65 bits per heavy atom. The van der Waals surface area contributed by atoms with E-state index in [2.05, 4.69) is 22.8 Å². The van der Waals surface area contributed by atoms with E-state index in [1.54, 1.807) is 0 Å². The quantitative estimate of drug-likeness (QED) is 0.748. The van der Waals surface area contributed by atoms with Gasteiger partial charge in [-0.15, -0.1) is 0 Å². The van der Waals surface area contributed by atoms with Crippen LogP contribution in [0.4, 0.5) is 0 Å². The molecule has 0 aromatic heterocycles. The van der Waals surface area contributed by atoms with Gasteiger partial charge in [0.2, 0.25) is 5.91 Å². The van der Waals surface area contributed by atoms with E-state index < -0.39 is 0 Å². The van der Waals surface area contributed by atoms with Gasteiger partial charge in [-0.2, -0.15) is 0 Å². The molecule has 1 unspecified atom stereocenters. The van der Waals surface area contributed by atoms with Crippen molar-refractivity contribution in [2.75, 3.05) is 26.2 Å². The van der Waals surface area contributed by atoms with Crippen molar-refractivity contribution < 1.29 is 9.59 Å². The van der Waals surface area contributed by atoms with Gasteiger partial charge in [-0.25, -0.2) is 0 Å². The van der Waals surface area contributed by atoms with Gasteiger partial charge in [0, 0.05) is 31.2 Å². The Bertz CT molecular complexity index is 860. The fraction of sp³-hybridized carbons (Fsp3) is 0.462. The van der Waals surface area contributed by atoms with E-state index in [9.17, 15) is 9.59 Å². The number of carbonyl (C=O) groups excluding carboxylic acids is 2. The van der Waals surface area contributed by atoms with Crippen LogP contribution in [0.2, 0.25) is 0 Å². The van der Waals surface area contributed by atoms with E-state index in [4.69, 9.17) is 0 Å². The molecule has 1 atom stereocenters. The second-order valence-corrected chi connectivity index (χ2v) is 8.86. The molecule has 1 aliphatic carbocycles. The van der Waals surface area contributed by atoms with Gasteiger partial charge in [0.25, 0.3) is 5.91 Å². The normalized spacial score (nSPS) is 20.3. The second-order valence-electron chi connectivity index (χ2n) is 8.86. The van der Waals surface area contributed by atoms with Crippen LogP contribution < -0.4 is 10.6 Å². The smallest absolute Gasteiger partial charge is 0.251 e. The summed E-state index contributed by atoms with van der Waals surface area (Å²) in [4.78, 5) is 27.1. The van der Waals surface area contributed by atoms with E-state index in [1.165, 1.54) is 32.1 Å². The highest BCUT2D eigenvalue weighted by Gasteiger charge is 2.25. The largest absolute Gasteiger partial charge is 0.350 e. The van der Waals surface area contributed by atoms with Crippen molar-refractivity contribution in [3.63, 3.8) is 0 Å². The third kappa shape index (κ3) is 5.95. The number of nitrogens with one attached hydrogen (secondary N) is 2. The van der Waals surface area contributed by atoms with Crippen LogP contribution in [0.3, 0.4) is 0 Å². The standard InChI is InChI=1S/C26H33N3O2/c30-25-18-27-24(15-16-29(25)19-20-7-3-1-4-8-20)17-28-26(31)23-13-11-22(12-14-23)21-9-5-2-6-10-21/h2,5-6,9-14,20,24,27H,1,3-4,7-8,15-19H2,(H,28,31). The number of carbonyl (C=O) groups is 2. The molecule has 2 fully saturated rings. The summed E-state index contributed by atoms with van der Waals surface area (Å²) >= 11 is 0. The lowest BCUT2D eigenvalue weighted by Crippen LogP contribution is -2.42. The van der Waals surface area contributed by atoms with Crippen LogP contribution in [0.1, 0.15) is 48.9 Å². The van der Waals surface area contributed by atoms with Crippen molar-refractivity contribution in [3.05, 3.63) is 60.2 Å². The fourth-order valence-corrected chi connectivity index (χ4v) is 4.69. The lowest BCUT2D eigenvalue weighted by molar-refractivity contribution is -0.130. The summed E-state index contributed by atoms with van der Waals surface area (Å²) in [6.07, 6.45) is 7.30. The van der Waals surface area contributed by atoms with E-state index in [0.29, 0.717) is 24.6 Å². The van der Waals surface area contributed by atoms with Gasteiger partial charge in [0.05, 0.1) is 6.54 Å². The third-order valence-electron chi connectivity index (χ3n) is 6.61. The molecule has 2 aromatic rings. The highest BCUT2D eigenvalue weighted by Crippen LogP contribution is 2.25. The first-order valence-electron chi connectivity index (χ1n) is 11.6. The number of rotatable bonds is 6. The number of nitrogens with zero attached hydrogens (tertiary/aromatic N) is 1. The molecule has 1 heterocycles. The first kappa shape index (κ1) is 21.6. The maximum Gasteiger partial charge on any atom is 0.251 e. The second kappa shape index (κ2) is 10.6. The van der Waals surface area contributed by atoms with E-state index in [1.807, 2.05) is 47.4 Å². The third-order valence-corrected chi connectivity index (χ3v) is 6.61. The molecule has 2 aromatic carbocycles. The summed E-state index contributed by atoms with van der Waals surface area (Å²) in [5.41, 5.74) is 2.89. The molecule has 2 amide bonds. The van der Waals surface area contributed by atoms with E-state index >= 15 is 0 Å². The Balaban J connectivity index is 1.26. The molecule has 2 aliphatic rings. The van der Waals surface area contributed by atoms with Gasteiger partial charge < -0.3 is 15.5 Å². The molecule has 0 bridgehead atoms. The predicted octanol–water partition coefficient (Wildman–Crippen LogP) is 3.85. The predicted molar refractivity (Wildman–Crippen MR) is 124 cm³/mol. The molecule has 4 rings (SSSR count). The molecule has 1 aliphatic heterocycles. The zero-order chi connectivity index (χ0) is 21.5.